The van der Waals surface area contributed by atoms with Gasteiger partial charge in [-0.15, -0.1) is 0 Å². The SMILES string of the molecule is N#CCn1cc(C=NNC(N)=O)c2ccccc21. The molecule has 0 fully saturated rings. The second-order valence-corrected chi connectivity index (χ2v) is 3.62. The summed E-state index contributed by atoms with van der Waals surface area (Å²) in [5.74, 6) is 0. The summed E-state index contributed by atoms with van der Waals surface area (Å²) in [7, 11) is 0. The number of primary amides is 1. The highest BCUT2D eigenvalue weighted by Crippen LogP contribution is 2.19. The van der Waals surface area contributed by atoms with E-state index in [2.05, 4.69) is 16.6 Å². The van der Waals surface area contributed by atoms with Gasteiger partial charge in [0.15, 0.2) is 0 Å². The van der Waals surface area contributed by atoms with E-state index in [0.717, 1.165) is 16.5 Å². The first-order valence-electron chi connectivity index (χ1n) is 5.25. The molecule has 0 aliphatic heterocycles. The second-order valence-electron chi connectivity index (χ2n) is 3.62. The lowest BCUT2D eigenvalue weighted by Crippen LogP contribution is -2.24. The molecular formula is C12H11N5O. The molecular weight excluding hydrogens is 230 g/mol. The first kappa shape index (κ1) is 11.7. The Balaban J connectivity index is 2.42. The Labute approximate surface area is 103 Å². The Kier molecular flexibility index (Phi) is 3.25. The Bertz CT molecular complexity index is 650. The summed E-state index contributed by atoms with van der Waals surface area (Å²) in [6.07, 6.45) is 3.31. The van der Waals surface area contributed by atoms with Crippen LogP contribution in [-0.4, -0.2) is 16.8 Å². The fourth-order valence-corrected chi connectivity index (χ4v) is 1.75. The van der Waals surface area contributed by atoms with Crippen molar-refractivity contribution in [2.75, 3.05) is 0 Å². The number of rotatable bonds is 3. The number of fused-ring (bicyclic) bond motifs is 1. The van der Waals surface area contributed by atoms with Gasteiger partial charge in [0.1, 0.15) is 6.54 Å². The fraction of sp³-hybridized carbons (Fsp3) is 0.0833. The zero-order chi connectivity index (χ0) is 13.0. The number of hydrogen-bond acceptors (Lipinski definition) is 3. The number of urea groups is 1. The molecule has 2 rings (SSSR count). The van der Waals surface area contributed by atoms with Crippen LogP contribution in [0.15, 0.2) is 35.6 Å². The standard InChI is InChI=1S/C12H11N5O/c13-5-6-17-8-9(7-15-16-12(14)18)10-3-1-2-4-11(10)17/h1-4,7-8H,6H2,(H3,14,16,18). The number of nitriles is 1. The van der Waals surface area contributed by atoms with Gasteiger partial charge in [0.2, 0.25) is 0 Å². The van der Waals surface area contributed by atoms with Crippen molar-refractivity contribution in [2.24, 2.45) is 10.8 Å². The summed E-state index contributed by atoms with van der Waals surface area (Å²) >= 11 is 0. The van der Waals surface area contributed by atoms with Gasteiger partial charge < -0.3 is 10.3 Å². The van der Waals surface area contributed by atoms with E-state index < -0.39 is 6.03 Å². The molecule has 6 nitrogen and oxygen atoms in total. The van der Waals surface area contributed by atoms with Crippen molar-refractivity contribution in [1.82, 2.24) is 9.99 Å². The van der Waals surface area contributed by atoms with Gasteiger partial charge in [-0.05, 0) is 6.07 Å². The first-order chi connectivity index (χ1) is 8.72. The van der Waals surface area contributed by atoms with E-state index in [1.54, 1.807) is 6.20 Å². The average Bonchev–Trinajstić information content (AvgIpc) is 2.69. The number of nitrogens with one attached hydrogen (secondary N) is 1. The van der Waals surface area contributed by atoms with E-state index in [1.165, 1.54) is 6.21 Å². The highest BCUT2D eigenvalue weighted by Gasteiger charge is 2.05. The number of hydrogen-bond donors (Lipinski definition) is 2. The van der Waals surface area contributed by atoms with Crippen LogP contribution in [0.25, 0.3) is 10.9 Å². The molecule has 0 aliphatic carbocycles. The van der Waals surface area contributed by atoms with E-state index in [0.29, 0.717) is 0 Å². The van der Waals surface area contributed by atoms with Gasteiger partial charge in [0, 0.05) is 22.7 Å². The van der Waals surface area contributed by atoms with Crippen LogP contribution in [0.3, 0.4) is 0 Å². The molecule has 0 atom stereocenters. The first-order valence-corrected chi connectivity index (χ1v) is 5.25. The van der Waals surface area contributed by atoms with Gasteiger partial charge in [-0.1, -0.05) is 18.2 Å². The number of carbonyl (C=O) groups excluding carboxylic acids is 1. The van der Waals surface area contributed by atoms with Gasteiger partial charge >= 0.3 is 6.03 Å². The molecule has 1 heterocycles. The topological polar surface area (TPSA) is 96.2 Å². The van der Waals surface area contributed by atoms with Crippen LogP contribution in [0.1, 0.15) is 5.56 Å². The number of hydrazone groups is 1. The minimum absolute atomic E-state index is 0.262. The Morgan fingerprint density at radius 2 is 2.33 bits per heavy atom. The molecule has 1 aromatic heterocycles. The lowest BCUT2D eigenvalue weighted by atomic mass is 10.2. The van der Waals surface area contributed by atoms with E-state index in [1.807, 2.05) is 28.8 Å². The Morgan fingerprint density at radius 1 is 1.56 bits per heavy atom. The van der Waals surface area contributed by atoms with Crippen LogP contribution in [0.5, 0.6) is 0 Å². The third-order valence-corrected chi connectivity index (χ3v) is 2.44. The molecule has 90 valence electrons. The van der Waals surface area contributed by atoms with Crippen molar-refractivity contribution in [3.63, 3.8) is 0 Å². The molecule has 0 unspecified atom stereocenters. The van der Waals surface area contributed by atoms with Crippen molar-refractivity contribution in [3.8, 4) is 6.07 Å². The lowest BCUT2D eigenvalue weighted by Gasteiger charge is -1.96. The van der Waals surface area contributed by atoms with Crippen molar-refractivity contribution in [1.29, 1.82) is 5.26 Å². The third-order valence-electron chi connectivity index (χ3n) is 2.44. The monoisotopic (exact) mass is 241 g/mol. The van der Waals surface area contributed by atoms with Crippen molar-refractivity contribution < 1.29 is 4.79 Å². The van der Waals surface area contributed by atoms with Gasteiger partial charge in [-0.2, -0.15) is 10.4 Å². The number of para-hydroxylation sites is 1. The average molecular weight is 241 g/mol. The lowest BCUT2D eigenvalue weighted by molar-refractivity contribution is 0.249. The number of benzene rings is 1. The predicted molar refractivity (Wildman–Crippen MR) is 67.9 cm³/mol. The smallest absolute Gasteiger partial charge is 0.332 e. The third kappa shape index (κ3) is 2.30. The van der Waals surface area contributed by atoms with Crippen LogP contribution in [0, 0.1) is 11.3 Å². The molecule has 0 bridgehead atoms. The molecule has 0 aliphatic rings. The molecule has 6 heteroatoms. The van der Waals surface area contributed by atoms with E-state index in [4.69, 9.17) is 11.0 Å². The van der Waals surface area contributed by atoms with E-state index in [9.17, 15) is 4.79 Å². The van der Waals surface area contributed by atoms with Crippen LogP contribution >= 0.6 is 0 Å². The molecule has 2 aromatic rings. The molecule has 1 aromatic carbocycles. The quantitative estimate of drug-likeness (QED) is 0.623. The molecule has 2 amide bonds. The number of amides is 2. The maximum Gasteiger partial charge on any atom is 0.332 e. The van der Waals surface area contributed by atoms with Gasteiger partial charge in [-0.25, -0.2) is 10.2 Å². The Hall–Kier alpha value is -2.81. The highest BCUT2D eigenvalue weighted by molar-refractivity contribution is 5.99. The van der Waals surface area contributed by atoms with Gasteiger partial charge in [0.05, 0.1) is 12.3 Å². The van der Waals surface area contributed by atoms with Gasteiger partial charge in [0.25, 0.3) is 0 Å². The van der Waals surface area contributed by atoms with E-state index >= 15 is 0 Å². The molecule has 18 heavy (non-hydrogen) atoms. The maximum absolute atomic E-state index is 10.5. The summed E-state index contributed by atoms with van der Waals surface area (Å²) in [6, 6.07) is 9.03. The molecule has 3 N–H and O–H groups in total. The minimum Gasteiger partial charge on any atom is -0.350 e. The predicted octanol–water partition coefficient (Wildman–Crippen LogP) is 1.17. The van der Waals surface area contributed by atoms with Crippen LogP contribution in [0.2, 0.25) is 0 Å². The van der Waals surface area contributed by atoms with Crippen molar-refractivity contribution >= 4 is 23.1 Å². The number of aromatic nitrogens is 1. The Morgan fingerprint density at radius 3 is 3.06 bits per heavy atom. The van der Waals surface area contributed by atoms with Gasteiger partial charge in [-0.3, -0.25) is 0 Å². The molecule has 0 saturated carbocycles. The molecule has 0 spiro atoms. The summed E-state index contributed by atoms with van der Waals surface area (Å²) in [5, 5.41) is 13.4. The zero-order valence-electron chi connectivity index (χ0n) is 9.50. The normalized spacial score (nSPS) is 10.6. The van der Waals surface area contributed by atoms with Crippen molar-refractivity contribution in [3.05, 3.63) is 36.0 Å². The number of nitrogens with two attached hydrogens (primary N) is 1. The summed E-state index contributed by atoms with van der Waals surface area (Å²) in [6.45, 7) is 0.262. The summed E-state index contributed by atoms with van der Waals surface area (Å²) in [5.41, 5.74) is 8.80. The minimum atomic E-state index is -0.716. The van der Waals surface area contributed by atoms with Crippen molar-refractivity contribution in [2.45, 2.75) is 6.54 Å². The van der Waals surface area contributed by atoms with Crippen LogP contribution in [-0.2, 0) is 6.54 Å². The summed E-state index contributed by atoms with van der Waals surface area (Å²) in [4.78, 5) is 10.5. The molecule has 0 radical (unpaired) electrons. The second kappa shape index (κ2) is 5.01. The van der Waals surface area contributed by atoms with E-state index in [-0.39, 0.29) is 6.54 Å². The fourth-order valence-electron chi connectivity index (χ4n) is 1.75. The number of carbonyl (C=O) groups is 1. The molecule has 0 saturated heterocycles. The number of nitrogens with zero attached hydrogens (tertiary/aromatic N) is 3. The van der Waals surface area contributed by atoms with Crippen LogP contribution < -0.4 is 11.2 Å². The maximum atomic E-state index is 10.5. The largest absolute Gasteiger partial charge is 0.350 e. The zero-order valence-corrected chi connectivity index (χ0v) is 9.50. The van der Waals surface area contributed by atoms with Crippen LogP contribution in [0.4, 0.5) is 4.79 Å². The summed E-state index contributed by atoms with van der Waals surface area (Å²) < 4.78 is 1.82. The highest BCUT2D eigenvalue weighted by atomic mass is 16.2.